The van der Waals surface area contributed by atoms with Crippen molar-refractivity contribution < 1.29 is 4.21 Å². The largest absolute Gasteiger partial charge is 0.230 e. The van der Waals surface area contributed by atoms with Crippen molar-refractivity contribution in [1.82, 2.24) is 0 Å². The van der Waals surface area contributed by atoms with Gasteiger partial charge in [0.25, 0.3) is 0 Å². The lowest BCUT2D eigenvalue weighted by atomic mass is 10.3. The van der Waals surface area contributed by atoms with Crippen molar-refractivity contribution in [2.24, 2.45) is 4.40 Å². The molecule has 11 heavy (non-hydrogen) atoms. The first-order valence-electron chi connectivity index (χ1n) is 3.35. The molecule has 1 heterocycles. The summed E-state index contributed by atoms with van der Waals surface area (Å²) in [4.78, 5) is 0.862. The Kier molecular flexibility index (Phi) is 1.39. The van der Waals surface area contributed by atoms with Crippen molar-refractivity contribution >= 4 is 15.9 Å². The average Bonchev–Trinajstić information content (AvgIpc) is 2.30. The van der Waals surface area contributed by atoms with Crippen LogP contribution in [0.5, 0.6) is 0 Å². The minimum Gasteiger partial charge on any atom is -0.230 e. The van der Waals surface area contributed by atoms with Gasteiger partial charge in [-0.05, 0) is 13.0 Å². The molecule has 0 saturated heterocycles. The number of benzene rings is 1. The van der Waals surface area contributed by atoms with Crippen LogP contribution < -0.4 is 10.6 Å². The molecule has 0 saturated carbocycles. The molecule has 0 aromatic heterocycles. The van der Waals surface area contributed by atoms with E-state index in [0.29, 0.717) is 0 Å². The molecule has 1 aliphatic heterocycles. The summed E-state index contributed by atoms with van der Waals surface area (Å²) in [6.07, 6.45) is 0. The third-order valence-corrected chi connectivity index (χ3v) is 2.83. The van der Waals surface area contributed by atoms with Gasteiger partial charge in [0.2, 0.25) is 0 Å². The molecular formula is C8H7NOS. The van der Waals surface area contributed by atoms with Crippen LogP contribution in [0, 0.1) is 0 Å². The zero-order valence-corrected chi connectivity index (χ0v) is 6.89. The summed E-state index contributed by atoms with van der Waals surface area (Å²) in [5, 5.41) is 1.87. The quantitative estimate of drug-likeness (QED) is 0.536. The van der Waals surface area contributed by atoms with Gasteiger partial charge in [-0.3, -0.25) is 0 Å². The van der Waals surface area contributed by atoms with Crippen LogP contribution in [-0.2, 0) is 11.0 Å². The average molecular weight is 165 g/mol. The number of nitrogens with zero attached hydrogens (tertiary/aromatic N) is 1. The van der Waals surface area contributed by atoms with E-state index in [1.54, 1.807) is 0 Å². The first kappa shape index (κ1) is 6.73. The van der Waals surface area contributed by atoms with E-state index in [2.05, 4.69) is 4.40 Å². The molecule has 1 aromatic carbocycles. The maximum Gasteiger partial charge on any atom is 0.169 e. The highest BCUT2D eigenvalue weighted by molar-refractivity contribution is 7.92. The van der Waals surface area contributed by atoms with Crippen LogP contribution in [0.1, 0.15) is 6.92 Å². The maximum atomic E-state index is 11.1. The number of fused-ring (bicyclic) bond motifs is 1. The van der Waals surface area contributed by atoms with Crippen molar-refractivity contribution in [1.29, 1.82) is 0 Å². The molecule has 1 atom stereocenters. The fraction of sp³-hybridized carbons (Fsp3) is 0.125. The van der Waals surface area contributed by atoms with Crippen LogP contribution in [0.25, 0.3) is 4.91 Å². The van der Waals surface area contributed by atoms with Gasteiger partial charge in [0.1, 0.15) is 0 Å². The van der Waals surface area contributed by atoms with Gasteiger partial charge in [-0.25, -0.2) is 4.21 Å². The van der Waals surface area contributed by atoms with Gasteiger partial charge in [0.15, 0.2) is 11.0 Å². The van der Waals surface area contributed by atoms with Gasteiger partial charge in [-0.1, -0.05) is 18.2 Å². The van der Waals surface area contributed by atoms with Crippen molar-refractivity contribution in [2.45, 2.75) is 6.92 Å². The zero-order chi connectivity index (χ0) is 7.84. The van der Waals surface area contributed by atoms with E-state index in [9.17, 15) is 4.21 Å². The lowest BCUT2D eigenvalue weighted by molar-refractivity contribution is 0.690. The Labute approximate surface area is 66.9 Å². The lowest BCUT2D eigenvalue weighted by Gasteiger charge is -1.83. The van der Waals surface area contributed by atoms with Gasteiger partial charge >= 0.3 is 0 Å². The highest BCUT2D eigenvalue weighted by Crippen LogP contribution is 2.02. The van der Waals surface area contributed by atoms with Crippen LogP contribution in [0.2, 0.25) is 0 Å². The van der Waals surface area contributed by atoms with Crippen molar-refractivity contribution in [3.63, 3.8) is 0 Å². The van der Waals surface area contributed by atoms with Crippen LogP contribution in [-0.4, -0.2) is 4.21 Å². The summed E-state index contributed by atoms with van der Waals surface area (Å²) >= 11 is 0. The predicted molar refractivity (Wildman–Crippen MR) is 44.4 cm³/mol. The fourth-order valence-corrected chi connectivity index (χ4v) is 1.94. The highest BCUT2D eigenvalue weighted by Gasteiger charge is 2.07. The van der Waals surface area contributed by atoms with Crippen LogP contribution in [0.4, 0.5) is 0 Å². The Bertz CT molecular complexity index is 436. The van der Waals surface area contributed by atoms with Crippen LogP contribution >= 0.6 is 0 Å². The molecule has 2 nitrogen and oxygen atoms in total. The minimum absolute atomic E-state index is 0.850. The van der Waals surface area contributed by atoms with Crippen molar-refractivity contribution in [3.8, 4) is 0 Å². The van der Waals surface area contributed by atoms with Gasteiger partial charge in [-0.15, -0.1) is 0 Å². The second-order valence-corrected chi connectivity index (χ2v) is 3.71. The van der Waals surface area contributed by atoms with Gasteiger partial charge < -0.3 is 0 Å². The normalized spacial score (nSPS) is 21.2. The third-order valence-electron chi connectivity index (χ3n) is 1.73. The van der Waals surface area contributed by atoms with E-state index >= 15 is 0 Å². The molecule has 1 aliphatic rings. The summed E-state index contributed by atoms with van der Waals surface area (Å²) in [7, 11) is -1.12. The smallest absolute Gasteiger partial charge is 0.169 e. The van der Waals surface area contributed by atoms with E-state index in [0.717, 1.165) is 15.5 Å². The minimum atomic E-state index is -1.12. The number of hydrogen-bond acceptors (Lipinski definition) is 1. The maximum absolute atomic E-state index is 11.1. The van der Waals surface area contributed by atoms with Gasteiger partial charge in [-0.2, -0.15) is 4.40 Å². The molecule has 3 heteroatoms. The van der Waals surface area contributed by atoms with Gasteiger partial charge in [0, 0.05) is 10.1 Å². The molecule has 56 valence electrons. The molecule has 0 fully saturated rings. The van der Waals surface area contributed by atoms with E-state index in [-0.39, 0.29) is 0 Å². The Morgan fingerprint density at radius 2 is 2.09 bits per heavy atom. The first-order valence-corrected chi connectivity index (χ1v) is 4.46. The Balaban J connectivity index is 3.00. The molecule has 0 N–H and O–H groups in total. The Morgan fingerprint density at radius 3 is 2.82 bits per heavy atom. The summed E-state index contributed by atoms with van der Waals surface area (Å²) in [5.41, 5.74) is 0. The molecule has 0 bridgehead atoms. The Hall–Kier alpha value is -0.960. The monoisotopic (exact) mass is 165 g/mol. The number of hydrogen-bond donors (Lipinski definition) is 0. The molecular weight excluding hydrogens is 158 g/mol. The summed E-state index contributed by atoms with van der Waals surface area (Å²) in [6, 6.07) is 7.65. The summed E-state index contributed by atoms with van der Waals surface area (Å²) in [5.74, 6) is 0. The van der Waals surface area contributed by atoms with Crippen LogP contribution in [0.3, 0.4) is 0 Å². The standard InChI is InChI=1S/C8H7NOS/c1-6-7-4-2-3-5-8(7)9-11(6)10/h2-5H,1H3. The second kappa shape index (κ2) is 2.27. The molecule has 0 amide bonds. The fourth-order valence-electron chi connectivity index (χ4n) is 1.10. The van der Waals surface area contributed by atoms with Crippen molar-refractivity contribution in [3.05, 3.63) is 34.8 Å². The predicted octanol–water partition coefficient (Wildman–Crippen LogP) is 0.112. The molecule has 0 radical (unpaired) electrons. The van der Waals surface area contributed by atoms with Gasteiger partial charge in [0.05, 0.1) is 5.36 Å². The molecule has 0 spiro atoms. The topological polar surface area (TPSA) is 29.4 Å². The van der Waals surface area contributed by atoms with E-state index < -0.39 is 11.0 Å². The highest BCUT2D eigenvalue weighted by atomic mass is 32.2. The second-order valence-electron chi connectivity index (χ2n) is 2.41. The van der Waals surface area contributed by atoms with E-state index in [1.165, 1.54) is 0 Å². The lowest BCUT2D eigenvalue weighted by Crippen LogP contribution is -2.21. The molecule has 0 aliphatic carbocycles. The molecule has 2 rings (SSSR count). The summed E-state index contributed by atoms with van der Waals surface area (Å²) < 4.78 is 15.1. The number of rotatable bonds is 0. The van der Waals surface area contributed by atoms with E-state index in [1.807, 2.05) is 31.2 Å². The van der Waals surface area contributed by atoms with Crippen molar-refractivity contribution in [2.75, 3.05) is 0 Å². The summed E-state index contributed by atoms with van der Waals surface area (Å²) in [6.45, 7) is 1.85. The Morgan fingerprint density at radius 1 is 1.36 bits per heavy atom. The first-order chi connectivity index (χ1) is 5.29. The SMILES string of the molecule is CC1=c2ccccc2=NS1=O. The zero-order valence-electron chi connectivity index (χ0n) is 6.07. The van der Waals surface area contributed by atoms with Crippen LogP contribution in [0.15, 0.2) is 28.7 Å². The third kappa shape index (κ3) is 0.922. The van der Waals surface area contributed by atoms with E-state index in [4.69, 9.17) is 0 Å². The molecule has 1 aromatic rings. The molecule has 1 unspecified atom stereocenters.